The normalized spacial score (nSPS) is 12.0. The molecular formula is C13H12N2O6S. The standard InChI is InChI=1S/C13H12N2O6S/c1-14-11(18)6-2-3-8-7(4-6)15-13(21-8)22-9(12(19)20)5-10(16)17/h2-4,9H,5H2,1H3,(H,14,18)(H,16,17)(H,19,20). The van der Waals surface area contributed by atoms with E-state index in [0.29, 0.717) is 28.4 Å². The van der Waals surface area contributed by atoms with E-state index in [-0.39, 0.29) is 11.1 Å². The van der Waals surface area contributed by atoms with Crippen LogP contribution in [0.4, 0.5) is 0 Å². The van der Waals surface area contributed by atoms with Crippen molar-refractivity contribution >= 4 is 40.7 Å². The van der Waals surface area contributed by atoms with Gasteiger partial charge in [-0.05, 0) is 18.2 Å². The SMILES string of the molecule is CNC(=O)c1ccc2oc(SC(CC(=O)O)C(=O)O)nc2c1. The number of aliphatic carboxylic acids is 2. The summed E-state index contributed by atoms with van der Waals surface area (Å²) in [5, 5.41) is 19.0. The van der Waals surface area contributed by atoms with E-state index in [4.69, 9.17) is 14.6 Å². The molecular weight excluding hydrogens is 312 g/mol. The molecule has 0 aliphatic rings. The van der Waals surface area contributed by atoms with Gasteiger partial charge in [0.25, 0.3) is 11.1 Å². The zero-order chi connectivity index (χ0) is 16.3. The third-order valence-electron chi connectivity index (χ3n) is 2.74. The van der Waals surface area contributed by atoms with Gasteiger partial charge in [-0.25, -0.2) is 4.98 Å². The second-order valence-corrected chi connectivity index (χ2v) is 5.44. The third kappa shape index (κ3) is 3.55. The van der Waals surface area contributed by atoms with Crippen LogP contribution >= 0.6 is 11.8 Å². The van der Waals surface area contributed by atoms with Crippen LogP contribution in [-0.2, 0) is 9.59 Å². The molecule has 0 radical (unpaired) electrons. The number of hydrogen-bond acceptors (Lipinski definition) is 6. The van der Waals surface area contributed by atoms with E-state index >= 15 is 0 Å². The molecule has 9 heteroatoms. The fraction of sp³-hybridized carbons (Fsp3) is 0.231. The Labute approximate surface area is 128 Å². The summed E-state index contributed by atoms with van der Waals surface area (Å²) >= 11 is 0.712. The lowest BCUT2D eigenvalue weighted by molar-refractivity contribution is -0.142. The number of carbonyl (C=O) groups is 3. The zero-order valence-electron chi connectivity index (χ0n) is 11.4. The summed E-state index contributed by atoms with van der Waals surface area (Å²) in [7, 11) is 1.50. The Hall–Kier alpha value is -2.55. The van der Waals surface area contributed by atoms with E-state index in [0.717, 1.165) is 0 Å². The number of aromatic nitrogens is 1. The molecule has 0 aliphatic heterocycles. The molecule has 0 saturated carbocycles. The van der Waals surface area contributed by atoms with Gasteiger partial charge in [0.05, 0.1) is 6.42 Å². The van der Waals surface area contributed by atoms with Crippen LogP contribution in [0.1, 0.15) is 16.8 Å². The number of nitrogens with zero attached hydrogens (tertiary/aromatic N) is 1. The fourth-order valence-electron chi connectivity index (χ4n) is 1.70. The van der Waals surface area contributed by atoms with Crippen molar-refractivity contribution in [2.75, 3.05) is 7.05 Å². The Balaban J connectivity index is 2.26. The monoisotopic (exact) mass is 324 g/mol. The third-order valence-corrected chi connectivity index (χ3v) is 3.76. The Bertz CT molecular complexity index is 741. The molecule has 0 aliphatic carbocycles. The van der Waals surface area contributed by atoms with Crippen LogP contribution in [0, 0.1) is 0 Å². The van der Waals surface area contributed by atoms with Gasteiger partial charge in [0.15, 0.2) is 5.58 Å². The summed E-state index contributed by atoms with van der Waals surface area (Å²) in [5.74, 6) is -2.77. The number of thioether (sulfide) groups is 1. The quantitative estimate of drug-likeness (QED) is 0.676. The van der Waals surface area contributed by atoms with Gasteiger partial charge in [-0.1, -0.05) is 11.8 Å². The highest BCUT2D eigenvalue weighted by atomic mass is 32.2. The van der Waals surface area contributed by atoms with E-state index < -0.39 is 23.6 Å². The molecule has 1 aromatic heterocycles. The van der Waals surface area contributed by atoms with E-state index in [9.17, 15) is 14.4 Å². The van der Waals surface area contributed by atoms with Crippen molar-refractivity contribution in [3.63, 3.8) is 0 Å². The van der Waals surface area contributed by atoms with Crippen molar-refractivity contribution in [3.05, 3.63) is 23.8 Å². The van der Waals surface area contributed by atoms with Crippen LogP contribution in [0.5, 0.6) is 0 Å². The number of fused-ring (bicyclic) bond motifs is 1. The predicted octanol–water partition coefficient (Wildman–Crippen LogP) is 1.21. The van der Waals surface area contributed by atoms with Crippen LogP contribution < -0.4 is 5.32 Å². The van der Waals surface area contributed by atoms with Gasteiger partial charge >= 0.3 is 11.9 Å². The predicted molar refractivity (Wildman–Crippen MR) is 76.9 cm³/mol. The Morgan fingerprint density at radius 2 is 2.09 bits per heavy atom. The van der Waals surface area contributed by atoms with Gasteiger partial charge in [-0.3, -0.25) is 14.4 Å². The number of oxazole rings is 1. The first-order valence-electron chi connectivity index (χ1n) is 6.14. The van der Waals surface area contributed by atoms with Gasteiger partial charge in [0, 0.05) is 12.6 Å². The van der Waals surface area contributed by atoms with Crippen LogP contribution in [0.2, 0.25) is 0 Å². The van der Waals surface area contributed by atoms with E-state index in [1.54, 1.807) is 12.1 Å². The largest absolute Gasteiger partial charge is 0.481 e. The van der Waals surface area contributed by atoms with E-state index in [2.05, 4.69) is 10.3 Å². The van der Waals surface area contributed by atoms with Crippen LogP contribution in [0.25, 0.3) is 11.1 Å². The molecule has 0 spiro atoms. The molecule has 1 heterocycles. The number of carboxylic acids is 2. The second kappa shape index (κ2) is 6.48. The molecule has 2 aromatic rings. The molecule has 0 bridgehead atoms. The van der Waals surface area contributed by atoms with Crippen LogP contribution in [-0.4, -0.2) is 45.3 Å². The molecule has 0 fully saturated rings. The van der Waals surface area contributed by atoms with Crippen LogP contribution in [0.3, 0.4) is 0 Å². The molecule has 1 atom stereocenters. The summed E-state index contributed by atoms with van der Waals surface area (Å²) in [6.45, 7) is 0. The van der Waals surface area contributed by atoms with E-state index in [1.165, 1.54) is 13.1 Å². The van der Waals surface area contributed by atoms with Crippen molar-refractivity contribution in [3.8, 4) is 0 Å². The maximum Gasteiger partial charge on any atom is 0.317 e. The lowest BCUT2D eigenvalue weighted by atomic mass is 10.2. The first-order chi connectivity index (χ1) is 10.4. The molecule has 1 unspecified atom stereocenters. The average Bonchev–Trinajstić information content (AvgIpc) is 2.86. The number of amides is 1. The Kier molecular flexibility index (Phi) is 4.66. The second-order valence-electron chi connectivity index (χ2n) is 4.28. The summed E-state index contributed by atoms with van der Waals surface area (Å²) in [5.41, 5.74) is 1.16. The Morgan fingerprint density at radius 3 is 2.68 bits per heavy atom. The number of nitrogens with one attached hydrogen (secondary N) is 1. The van der Waals surface area contributed by atoms with Gasteiger partial charge in [-0.15, -0.1) is 0 Å². The van der Waals surface area contributed by atoms with Crippen molar-refractivity contribution < 1.29 is 29.0 Å². The van der Waals surface area contributed by atoms with Gasteiger partial charge < -0.3 is 19.9 Å². The zero-order valence-corrected chi connectivity index (χ0v) is 12.2. The first kappa shape index (κ1) is 15.8. The summed E-state index contributed by atoms with van der Waals surface area (Å²) < 4.78 is 5.36. The molecule has 1 amide bonds. The van der Waals surface area contributed by atoms with Gasteiger partial charge in [0.1, 0.15) is 10.8 Å². The number of carboxylic acid groups (broad SMARTS) is 2. The average molecular weight is 324 g/mol. The smallest absolute Gasteiger partial charge is 0.317 e. The topological polar surface area (TPSA) is 130 Å². The highest BCUT2D eigenvalue weighted by Crippen LogP contribution is 2.29. The lowest BCUT2D eigenvalue weighted by Crippen LogP contribution is -2.20. The van der Waals surface area contributed by atoms with Crippen molar-refractivity contribution in [1.29, 1.82) is 0 Å². The molecule has 3 N–H and O–H groups in total. The minimum Gasteiger partial charge on any atom is -0.481 e. The minimum absolute atomic E-state index is 0.0395. The minimum atomic E-state index is -1.26. The highest BCUT2D eigenvalue weighted by Gasteiger charge is 2.25. The maximum atomic E-state index is 11.5. The number of hydrogen-bond donors (Lipinski definition) is 3. The first-order valence-corrected chi connectivity index (χ1v) is 7.02. The molecule has 22 heavy (non-hydrogen) atoms. The molecule has 1 aromatic carbocycles. The summed E-state index contributed by atoms with van der Waals surface area (Å²) in [4.78, 5) is 37.3. The lowest BCUT2D eigenvalue weighted by Gasteiger charge is -2.05. The molecule has 116 valence electrons. The summed E-state index contributed by atoms with van der Waals surface area (Å²) in [6, 6.07) is 4.60. The van der Waals surface area contributed by atoms with E-state index in [1.807, 2.05) is 0 Å². The van der Waals surface area contributed by atoms with Gasteiger partial charge in [-0.2, -0.15) is 0 Å². The van der Waals surface area contributed by atoms with Crippen LogP contribution in [0.15, 0.2) is 27.8 Å². The maximum absolute atomic E-state index is 11.5. The van der Waals surface area contributed by atoms with Crippen molar-refractivity contribution in [2.45, 2.75) is 16.9 Å². The Morgan fingerprint density at radius 1 is 1.36 bits per heavy atom. The number of benzene rings is 1. The highest BCUT2D eigenvalue weighted by molar-refractivity contribution is 8.00. The number of carbonyl (C=O) groups excluding carboxylic acids is 1. The van der Waals surface area contributed by atoms with Crippen molar-refractivity contribution in [2.24, 2.45) is 0 Å². The number of rotatable bonds is 6. The molecule has 8 nitrogen and oxygen atoms in total. The van der Waals surface area contributed by atoms with Gasteiger partial charge in [0.2, 0.25) is 0 Å². The summed E-state index contributed by atoms with van der Waals surface area (Å²) in [6.07, 6.45) is -0.553. The van der Waals surface area contributed by atoms with Crippen molar-refractivity contribution in [1.82, 2.24) is 10.3 Å². The molecule has 2 rings (SSSR count). The fourth-order valence-corrected chi connectivity index (χ4v) is 2.56. The molecule has 0 saturated heterocycles.